The second-order valence-electron chi connectivity index (χ2n) is 4.75. The van der Waals surface area contributed by atoms with E-state index in [4.69, 9.17) is 0 Å². The smallest absolute Gasteiger partial charge is 1.00 e. The number of nitrogens with zero attached hydrogens (tertiary/aromatic N) is 4. The van der Waals surface area contributed by atoms with Crippen LogP contribution in [-0.2, 0) is 13.6 Å². The Bertz CT molecular complexity index is 731. The fourth-order valence-electron chi connectivity index (χ4n) is 2.23. The topological polar surface area (TPSA) is 55.6 Å². The van der Waals surface area contributed by atoms with Gasteiger partial charge in [0.25, 0.3) is 0 Å². The van der Waals surface area contributed by atoms with Crippen LogP contribution in [-0.4, -0.2) is 32.5 Å². The number of thioether (sulfide) groups is 1. The first-order valence-corrected chi connectivity index (χ1v) is 7.85. The van der Waals surface area contributed by atoms with E-state index in [-0.39, 0.29) is 13.8 Å². The van der Waals surface area contributed by atoms with E-state index in [1.54, 1.807) is 16.4 Å². The lowest BCUT2D eigenvalue weighted by molar-refractivity contribution is -0.00000441. The van der Waals surface area contributed by atoms with E-state index in [2.05, 4.69) is 63.3 Å². The van der Waals surface area contributed by atoms with Crippen molar-refractivity contribution in [2.45, 2.75) is 11.7 Å². The number of rotatable bonds is 6. The van der Waals surface area contributed by atoms with E-state index < -0.39 is 0 Å². The molecule has 22 heavy (non-hydrogen) atoms. The molecule has 0 atom stereocenters. The van der Waals surface area contributed by atoms with Crippen molar-refractivity contribution < 1.29 is 13.8 Å². The molecule has 0 saturated heterocycles. The Labute approximate surface area is 141 Å². The number of aromatic nitrogens is 4. The summed E-state index contributed by atoms with van der Waals surface area (Å²) < 4.78 is 1.69. The van der Waals surface area contributed by atoms with Gasteiger partial charge in [0.2, 0.25) is 5.16 Å². The summed E-state index contributed by atoms with van der Waals surface area (Å²) in [6.07, 6.45) is 0. The van der Waals surface area contributed by atoms with Gasteiger partial charge in [-0.2, -0.15) is 0 Å². The molecule has 3 aromatic rings. The molecule has 5 nitrogen and oxygen atoms in total. The van der Waals surface area contributed by atoms with Gasteiger partial charge in [-0.25, -0.2) is 4.68 Å². The van der Waals surface area contributed by atoms with E-state index >= 15 is 0 Å². The molecule has 0 unspecified atom stereocenters. The molecule has 7 heteroatoms. The second-order valence-corrected chi connectivity index (χ2v) is 5.81. The number of nitrogens with one attached hydrogen (secondary N) is 1. The van der Waals surface area contributed by atoms with Gasteiger partial charge in [-0.15, -0.1) is 5.10 Å². The lowest BCUT2D eigenvalue weighted by Crippen LogP contribution is -3.00. The van der Waals surface area contributed by atoms with E-state index in [9.17, 15) is 0 Å². The molecule has 0 aliphatic carbocycles. The molecular formula is C15H18ClN5S. The Morgan fingerprint density at radius 1 is 1.18 bits per heavy atom. The first-order valence-electron chi connectivity index (χ1n) is 6.87. The fraction of sp³-hybridized carbons (Fsp3) is 0.267. The van der Waals surface area contributed by atoms with Crippen LogP contribution in [0.5, 0.6) is 0 Å². The highest BCUT2D eigenvalue weighted by atomic mass is 35.5. The molecule has 0 saturated carbocycles. The molecule has 0 spiro atoms. The number of hydrogen-bond acceptors (Lipinski definition) is 5. The van der Waals surface area contributed by atoms with Crippen molar-refractivity contribution in [2.24, 2.45) is 7.05 Å². The molecule has 0 bridgehead atoms. The molecule has 0 fully saturated rings. The lowest BCUT2D eigenvalue weighted by Gasteiger charge is -2.08. The molecule has 3 rings (SSSR count). The summed E-state index contributed by atoms with van der Waals surface area (Å²) >= 11 is 1.66. The molecule has 0 aliphatic heterocycles. The average molecular weight is 336 g/mol. The van der Waals surface area contributed by atoms with Crippen LogP contribution in [0.25, 0.3) is 10.8 Å². The van der Waals surface area contributed by atoms with Crippen LogP contribution in [0.2, 0.25) is 0 Å². The zero-order valence-corrected chi connectivity index (χ0v) is 13.8. The minimum absolute atomic E-state index is 0. The summed E-state index contributed by atoms with van der Waals surface area (Å²) in [5.41, 5.74) is 1.33. The third-order valence-electron chi connectivity index (χ3n) is 3.29. The highest BCUT2D eigenvalue weighted by Crippen LogP contribution is 2.18. The monoisotopic (exact) mass is 335 g/mol. The third-order valence-corrected chi connectivity index (χ3v) is 4.30. The van der Waals surface area contributed by atoms with Crippen LogP contribution in [0.3, 0.4) is 0 Å². The van der Waals surface area contributed by atoms with E-state index in [1.807, 2.05) is 7.05 Å². The minimum Gasteiger partial charge on any atom is -1.00 e. The molecule has 0 radical (unpaired) electrons. The molecule has 1 N–H and O–H groups in total. The average Bonchev–Trinajstić information content (AvgIpc) is 2.92. The van der Waals surface area contributed by atoms with Gasteiger partial charge in [-0.3, -0.25) is 0 Å². The molecular weight excluding hydrogens is 318 g/mol. The van der Waals surface area contributed by atoms with Gasteiger partial charge in [-0.05, 0) is 26.8 Å². The number of aryl methyl sites for hydroxylation is 1. The SMILES string of the molecule is Cn1nnnc1SCCNCc1cccc2ccccc12.[Cl-].[H+]. The Kier molecular flexibility index (Phi) is 6.18. The standard InChI is InChI=1S/C15H17N5S.ClH/c1-20-15(17-18-19-20)21-10-9-16-11-13-7-4-6-12-5-2-3-8-14(12)13;/h2-8,16H,9-11H2,1H3;1H. The Hall–Kier alpha value is -1.63. The maximum atomic E-state index is 3.95. The number of halogens is 1. The van der Waals surface area contributed by atoms with Crippen LogP contribution in [0.1, 0.15) is 6.99 Å². The number of fused-ring (bicyclic) bond motifs is 1. The summed E-state index contributed by atoms with van der Waals surface area (Å²) in [4.78, 5) is 0. The molecule has 1 aromatic heterocycles. The molecule has 1 heterocycles. The van der Waals surface area contributed by atoms with Gasteiger partial charge in [0.1, 0.15) is 0 Å². The minimum atomic E-state index is 0. The van der Waals surface area contributed by atoms with E-state index in [0.29, 0.717) is 0 Å². The van der Waals surface area contributed by atoms with Gasteiger partial charge in [0.15, 0.2) is 0 Å². The summed E-state index contributed by atoms with van der Waals surface area (Å²) in [6, 6.07) is 14.9. The lowest BCUT2D eigenvalue weighted by atomic mass is 10.0. The van der Waals surface area contributed by atoms with Crippen molar-refractivity contribution in [3.8, 4) is 0 Å². The maximum Gasteiger partial charge on any atom is 1.00 e. The predicted molar refractivity (Wildman–Crippen MR) is 86.3 cm³/mol. The highest BCUT2D eigenvalue weighted by Gasteiger charge is 2.02. The summed E-state index contributed by atoms with van der Waals surface area (Å²) in [6.45, 7) is 1.79. The fourth-order valence-corrected chi connectivity index (χ4v) is 2.97. The van der Waals surface area contributed by atoms with E-state index in [0.717, 1.165) is 24.0 Å². The van der Waals surface area contributed by atoms with Gasteiger partial charge in [0, 0.05) is 25.9 Å². The second kappa shape index (κ2) is 8.12. The molecule has 0 aliphatic rings. The Morgan fingerprint density at radius 2 is 2.00 bits per heavy atom. The van der Waals surface area contributed by atoms with E-state index in [1.165, 1.54) is 16.3 Å². The zero-order valence-electron chi connectivity index (χ0n) is 13.2. The first kappa shape index (κ1) is 16.7. The van der Waals surface area contributed by atoms with Gasteiger partial charge >= 0.3 is 1.43 Å². The van der Waals surface area contributed by atoms with Crippen molar-refractivity contribution in [1.29, 1.82) is 0 Å². The number of tetrazole rings is 1. The predicted octanol–water partition coefficient (Wildman–Crippen LogP) is -0.638. The summed E-state index contributed by atoms with van der Waals surface area (Å²) in [5.74, 6) is 0.943. The van der Waals surface area contributed by atoms with Gasteiger partial charge in [-0.1, -0.05) is 54.2 Å². The maximum absolute atomic E-state index is 3.95. The summed E-state index contributed by atoms with van der Waals surface area (Å²) in [7, 11) is 1.85. The van der Waals surface area contributed by atoms with Crippen LogP contribution in [0.15, 0.2) is 47.6 Å². The number of benzene rings is 2. The van der Waals surface area contributed by atoms with Gasteiger partial charge < -0.3 is 17.7 Å². The van der Waals surface area contributed by atoms with Crippen molar-refractivity contribution in [1.82, 2.24) is 25.5 Å². The Morgan fingerprint density at radius 3 is 2.82 bits per heavy atom. The first-order chi connectivity index (χ1) is 10.3. The third kappa shape index (κ3) is 3.97. The van der Waals surface area contributed by atoms with Crippen molar-refractivity contribution in [3.05, 3.63) is 48.0 Å². The normalized spacial score (nSPS) is 10.6. The van der Waals surface area contributed by atoms with Crippen LogP contribution in [0.4, 0.5) is 0 Å². The van der Waals surface area contributed by atoms with Crippen LogP contribution in [0, 0.1) is 0 Å². The number of hydrogen-bond donors (Lipinski definition) is 1. The quantitative estimate of drug-likeness (QED) is 0.480. The van der Waals surface area contributed by atoms with Crippen molar-refractivity contribution in [2.75, 3.05) is 12.3 Å². The highest BCUT2D eigenvalue weighted by molar-refractivity contribution is 7.99. The van der Waals surface area contributed by atoms with Crippen LogP contribution >= 0.6 is 11.8 Å². The van der Waals surface area contributed by atoms with Crippen molar-refractivity contribution in [3.63, 3.8) is 0 Å². The molecule has 0 amide bonds. The largest absolute Gasteiger partial charge is 1.00 e. The summed E-state index contributed by atoms with van der Waals surface area (Å²) in [5, 5.41) is 18.3. The molecule has 2 aromatic carbocycles. The van der Waals surface area contributed by atoms with Crippen molar-refractivity contribution >= 4 is 22.5 Å². The van der Waals surface area contributed by atoms with Crippen LogP contribution < -0.4 is 17.7 Å². The van der Waals surface area contributed by atoms with Gasteiger partial charge in [0.05, 0.1) is 0 Å². The zero-order chi connectivity index (χ0) is 14.5. The molecule has 116 valence electrons. The Balaban J connectivity index is 0.00000132.